The zero-order valence-electron chi connectivity index (χ0n) is 12.3. The molecule has 0 aromatic carbocycles. The molecule has 2 bridgehead atoms. The first-order valence-corrected chi connectivity index (χ1v) is 7.25. The summed E-state index contributed by atoms with van der Waals surface area (Å²) in [5.41, 5.74) is -1.39. The molecule has 1 saturated carbocycles. The van der Waals surface area contributed by atoms with Crippen molar-refractivity contribution in [3.8, 4) is 0 Å². The Bertz CT molecular complexity index is 444. The molecular formula is C15H22O5. The summed E-state index contributed by atoms with van der Waals surface area (Å²) < 4.78 is 17.5. The molecule has 0 N–H and O–H groups in total. The first-order valence-electron chi connectivity index (χ1n) is 7.25. The van der Waals surface area contributed by atoms with Crippen LogP contribution in [0.5, 0.6) is 0 Å². The third kappa shape index (κ3) is 1.38. The van der Waals surface area contributed by atoms with Crippen LogP contribution in [0.2, 0.25) is 0 Å². The van der Waals surface area contributed by atoms with Crippen molar-refractivity contribution in [3.05, 3.63) is 0 Å². The normalized spacial score (nSPS) is 46.0. The molecular weight excluding hydrogens is 260 g/mol. The van der Waals surface area contributed by atoms with E-state index < -0.39 is 11.4 Å². The zero-order valence-corrected chi connectivity index (χ0v) is 12.3. The highest BCUT2D eigenvalue weighted by Crippen LogP contribution is 2.64. The predicted octanol–water partition coefficient (Wildman–Crippen LogP) is 1.48. The van der Waals surface area contributed by atoms with E-state index in [0.717, 1.165) is 25.5 Å². The Morgan fingerprint density at radius 1 is 1.30 bits per heavy atom. The van der Waals surface area contributed by atoms with Crippen molar-refractivity contribution in [1.29, 1.82) is 0 Å². The number of Topliss-reactive ketones (excluding diaryl/α,β-unsaturated/α-hetero) is 1. The van der Waals surface area contributed by atoms with Gasteiger partial charge in [0.1, 0.15) is 6.29 Å². The highest BCUT2D eigenvalue weighted by Gasteiger charge is 2.76. The van der Waals surface area contributed by atoms with Crippen molar-refractivity contribution >= 4 is 12.1 Å². The molecule has 0 aromatic heterocycles. The van der Waals surface area contributed by atoms with Crippen LogP contribution < -0.4 is 0 Å². The molecule has 5 nitrogen and oxygen atoms in total. The molecule has 0 aromatic rings. The lowest BCUT2D eigenvalue weighted by Gasteiger charge is -2.56. The van der Waals surface area contributed by atoms with Gasteiger partial charge in [0.25, 0.3) is 0 Å². The Labute approximate surface area is 118 Å². The van der Waals surface area contributed by atoms with Crippen LogP contribution in [0.1, 0.15) is 39.0 Å². The summed E-state index contributed by atoms with van der Waals surface area (Å²) in [4.78, 5) is 24.1. The molecule has 3 aliphatic rings. The lowest BCUT2D eigenvalue weighted by Crippen LogP contribution is -2.71. The van der Waals surface area contributed by atoms with Crippen molar-refractivity contribution < 1.29 is 23.8 Å². The van der Waals surface area contributed by atoms with Crippen LogP contribution in [0.15, 0.2) is 0 Å². The van der Waals surface area contributed by atoms with Crippen LogP contribution in [0, 0.1) is 11.3 Å². The minimum atomic E-state index is -1.06. The van der Waals surface area contributed by atoms with Crippen molar-refractivity contribution in [2.45, 2.75) is 56.5 Å². The van der Waals surface area contributed by atoms with E-state index in [1.807, 2.05) is 0 Å². The lowest BCUT2D eigenvalue weighted by atomic mass is 9.59. The van der Waals surface area contributed by atoms with Gasteiger partial charge in [-0.3, -0.25) is 4.79 Å². The molecule has 112 valence electrons. The molecule has 2 saturated heterocycles. The quantitative estimate of drug-likeness (QED) is 0.579. The largest absolute Gasteiger partial charge is 0.357 e. The first kappa shape index (κ1) is 14.2. The Hall–Kier alpha value is -0.780. The fraction of sp³-hybridized carbons (Fsp3) is 0.867. The summed E-state index contributed by atoms with van der Waals surface area (Å²) in [6.45, 7) is 2.07. The van der Waals surface area contributed by atoms with Crippen molar-refractivity contribution in [2.24, 2.45) is 11.3 Å². The molecule has 2 aliphatic heterocycles. The topological polar surface area (TPSA) is 61.8 Å². The van der Waals surface area contributed by atoms with Gasteiger partial charge in [-0.05, 0) is 19.3 Å². The third-order valence-electron chi connectivity index (χ3n) is 5.73. The van der Waals surface area contributed by atoms with Gasteiger partial charge in [0.15, 0.2) is 11.4 Å². The first-order chi connectivity index (χ1) is 9.48. The summed E-state index contributed by atoms with van der Waals surface area (Å²) in [5, 5.41) is 0. The van der Waals surface area contributed by atoms with Gasteiger partial charge in [0, 0.05) is 38.4 Å². The molecule has 1 aliphatic carbocycles. The van der Waals surface area contributed by atoms with Crippen LogP contribution in [0.3, 0.4) is 0 Å². The minimum absolute atomic E-state index is 0.0470. The van der Waals surface area contributed by atoms with Gasteiger partial charge in [-0.2, -0.15) is 0 Å². The van der Waals surface area contributed by atoms with Crippen LogP contribution in [-0.4, -0.2) is 43.8 Å². The summed E-state index contributed by atoms with van der Waals surface area (Å²) in [6.07, 6.45) is 4.08. The van der Waals surface area contributed by atoms with Gasteiger partial charge in [-0.25, -0.2) is 0 Å². The predicted molar refractivity (Wildman–Crippen MR) is 70.1 cm³/mol. The van der Waals surface area contributed by atoms with Gasteiger partial charge >= 0.3 is 0 Å². The highest BCUT2D eigenvalue weighted by molar-refractivity contribution is 5.93. The van der Waals surface area contributed by atoms with Gasteiger partial charge in [0.05, 0.1) is 6.10 Å². The van der Waals surface area contributed by atoms with E-state index in [4.69, 9.17) is 14.2 Å². The molecule has 1 spiro atoms. The molecule has 0 amide bonds. The summed E-state index contributed by atoms with van der Waals surface area (Å²) in [7, 11) is 3.14. The van der Waals surface area contributed by atoms with Gasteiger partial charge in [0.2, 0.25) is 5.79 Å². The van der Waals surface area contributed by atoms with Crippen LogP contribution in [0.4, 0.5) is 0 Å². The van der Waals surface area contributed by atoms with Crippen LogP contribution >= 0.6 is 0 Å². The number of ether oxygens (including phenoxy) is 3. The Morgan fingerprint density at radius 3 is 2.60 bits per heavy atom. The average Bonchev–Trinajstić information content (AvgIpc) is 2.73. The second-order valence-corrected chi connectivity index (χ2v) is 6.54. The number of rotatable bonds is 3. The maximum atomic E-state index is 12.9. The second-order valence-electron chi connectivity index (χ2n) is 6.54. The monoisotopic (exact) mass is 282 g/mol. The van der Waals surface area contributed by atoms with E-state index in [9.17, 15) is 9.59 Å². The molecule has 20 heavy (non-hydrogen) atoms. The number of carbonyl (C=O) groups is 2. The Morgan fingerprint density at radius 2 is 2.00 bits per heavy atom. The fourth-order valence-corrected chi connectivity index (χ4v) is 4.77. The Balaban J connectivity index is 2.14. The molecule has 4 atom stereocenters. The maximum absolute atomic E-state index is 12.9. The van der Waals surface area contributed by atoms with Gasteiger partial charge in [-0.1, -0.05) is 6.92 Å². The number of aldehydes is 1. The van der Waals surface area contributed by atoms with E-state index in [-0.39, 0.29) is 29.6 Å². The minimum Gasteiger partial charge on any atom is -0.357 e. The average molecular weight is 282 g/mol. The van der Waals surface area contributed by atoms with Crippen molar-refractivity contribution in [2.75, 3.05) is 14.2 Å². The van der Waals surface area contributed by atoms with Crippen LogP contribution in [-0.2, 0) is 23.8 Å². The standard InChI is InChI=1S/C15H22O5/c1-13-5-4-6-14(18-2,19-3)15(13)12(17)7-10(9-16)11(8-13)20-15/h9-11H,4-8H2,1-3H3/t10-,11-,13+,15-/m1/s1. The van der Waals surface area contributed by atoms with Crippen molar-refractivity contribution in [3.63, 3.8) is 0 Å². The van der Waals surface area contributed by atoms with Gasteiger partial charge in [-0.15, -0.1) is 0 Å². The number of hydrogen-bond donors (Lipinski definition) is 0. The molecule has 0 unspecified atom stereocenters. The smallest absolute Gasteiger partial charge is 0.205 e. The zero-order chi connectivity index (χ0) is 14.6. The highest BCUT2D eigenvalue weighted by atomic mass is 16.7. The molecule has 3 rings (SSSR count). The van der Waals surface area contributed by atoms with Crippen molar-refractivity contribution in [1.82, 2.24) is 0 Å². The second kappa shape index (κ2) is 4.36. The summed E-state index contributed by atoms with van der Waals surface area (Å²) in [6, 6.07) is 0. The lowest BCUT2D eigenvalue weighted by molar-refractivity contribution is -0.335. The maximum Gasteiger partial charge on any atom is 0.205 e. The van der Waals surface area contributed by atoms with E-state index in [2.05, 4.69) is 6.92 Å². The molecule has 3 fully saturated rings. The number of fused-ring (bicyclic) bond motifs is 1. The molecule has 2 heterocycles. The molecule has 0 radical (unpaired) electrons. The van der Waals surface area contributed by atoms with E-state index in [1.54, 1.807) is 14.2 Å². The third-order valence-corrected chi connectivity index (χ3v) is 5.73. The van der Waals surface area contributed by atoms with E-state index >= 15 is 0 Å². The SMILES string of the molecule is COC1(OC)CCC[C@@]2(C)C[C@H]3O[C@@]12C(=O)C[C@@H]3C=O. The number of hydrogen-bond acceptors (Lipinski definition) is 5. The number of carbonyl (C=O) groups excluding carboxylic acids is 2. The summed E-state index contributed by atoms with van der Waals surface area (Å²) >= 11 is 0. The van der Waals surface area contributed by atoms with E-state index in [1.165, 1.54) is 0 Å². The fourth-order valence-electron chi connectivity index (χ4n) is 4.77. The number of ketones is 1. The van der Waals surface area contributed by atoms with E-state index in [0.29, 0.717) is 6.42 Å². The number of methoxy groups -OCH3 is 2. The Kier molecular flexibility index (Phi) is 3.09. The van der Waals surface area contributed by atoms with Gasteiger partial charge < -0.3 is 19.0 Å². The molecule has 5 heteroatoms. The van der Waals surface area contributed by atoms with Crippen LogP contribution in [0.25, 0.3) is 0 Å². The summed E-state index contributed by atoms with van der Waals surface area (Å²) in [5.74, 6) is -1.41.